The standard InChI is InChI=1S/C15H19NO2/c1-2-9-17-14-7-5-13(6-8-14)11-16-12-15-4-3-10-18-15/h1,5-8,15-16H,3-4,9-12H2. The van der Waals surface area contributed by atoms with Crippen LogP contribution in [0.1, 0.15) is 18.4 Å². The van der Waals surface area contributed by atoms with Gasteiger partial charge in [0.25, 0.3) is 0 Å². The van der Waals surface area contributed by atoms with Crippen LogP contribution in [0.25, 0.3) is 0 Å². The van der Waals surface area contributed by atoms with Crippen LogP contribution in [0.5, 0.6) is 5.75 Å². The van der Waals surface area contributed by atoms with Gasteiger partial charge in [-0.1, -0.05) is 18.1 Å². The summed E-state index contributed by atoms with van der Waals surface area (Å²) in [5, 5.41) is 3.41. The molecule has 0 aliphatic carbocycles. The van der Waals surface area contributed by atoms with Gasteiger partial charge in [-0.3, -0.25) is 0 Å². The molecule has 0 bridgehead atoms. The number of rotatable bonds is 6. The molecule has 1 N–H and O–H groups in total. The summed E-state index contributed by atoms with van der Waals surface area (Å²) in [5.74, 6) is 3.26. The number of benzene rings is 1. The largest absolute Gasteiger partial charge is 0.481 e. The van der Waals surface area contributed by atoms with Crippen molar-refractivity contribution in [3.63, 3.8) is 0 Å². The van der Waals surface area contributed by atoms with Gasteiger partial charge in [0.2, 0.25) is 0 Å². The molecule has 1 fully saturated rings. The Labute approximate surface area is 108 Å². The maximum Gasteiger partial charge on any atom is 0.148 e. The van der Waals surface area contributed by atoms with E-state index in [1.807, 2.05) is 24.3 Å². The van der Waals surface area contributed by atoms with Crippen molar-refractivity contribution in [1.29, 1.82) is 0 Å². The minimum atomic E-state index is 0.316. The second-order valence-corrected chi connectivity index (χ2v) is 4.40. The Morgan fingerprint density at radius 3 is 2.89 bits per heavy atom. The molecule has 1 heterocycles. The van der Waals surface area contributed by atoms with E-state index in [1.54, 1.807) is 0 Å². The third-order valence-corrected chi connectivity index (χ3v) is 2.97. The Morgan fingerprint density at radius 1 is 1.39 bits per heavy atom. The lowest BCUT2D eigenvalue weighted by atomic mass is 10.2. The van der Waals surface area contributed by atoms with E-state index in [0.29, 0.717) is 12.7 Å². The third kappa shape index (κ3) is 4.06. The highest BCUT2D eigenvalue weighted by molar-refractivity contribution is 5.27. The van der Waals surface area contributed by atoms with Crippen LogP contribution in [0.4, 0.5) is 0 Å². The van der Waals surface area contributed by atoms with Gasteiger partial charge in [0.05, 0.1) is 6.10 Å². The van der Waals surface area contributed by atoms with Crippen LogP contribution in [0.15, 0.2) is 24.3 Å². The van der Waals surface area contributed by atoms with Crippen molar-refractivity contribution in [2.75, 3.05) is 19.8 Å². The van der Waals surface area contributed by atoms with Gasteiger partial charge in [0.15, 0.2) is 0 Å². The molecule has 1 aliphatic heterocycles. The van der Waals surface area contributed by atoms with Crippen LogP contribution in [-0.2, 0) is 11.3 Å². The average molecular weight is 245 g/mol. The molecule has 0 amide bonds. The Bertz CT molecular complexity index is 388. The van der Waals surface area contributed by atoms with E-state index < -0.39 is 0 Å². The molecular formula is C15H19NO2. The summed E-state index contributed by atoms with van der Waals surface area (Å²) in [5.41, 5.74) is 1.24. The van der Waals surface area contributed by atoms with E-state index in [1.165, 1.54) is 18.4 Å². The summed E-state index contributed by atoms with van der Waals surface area (Å²) < 4.78 is 10.9. The van der Waals surface area contributed by atoms with Gasteiger partial charge in [0.1, 0.15) is 12.4 Å². The molecular weight excluding hydrogens is 226 g/mol. The highest BCUT2D eigenvalue weighted by Gasteiger charge is 2.14. The van der Waals surface area contributed by atoms with Crippen LogP contribution in [0.2, 0.25) is 0 Å². The molecule has 2 rings (SSSR count). The number of terminal acetylenes is 1. The molecule has 0 saturated carbocycles. The van der Waals surface area contributed by atoms with Gasteiger partial charge in [-0.2, -0.15) is 0 Å². The van der Waals surface area contributed by atoms with E-state index in [9.17, 15) is 0 Å². The fraction of sp³-hybridized carbons (Fsp3) is 0.467. The molecule has 1 aromatic rings. The summed E-state index contributed by atoms with van der Waals surface area (Å²) in [6.07, 6.45) is 7.89. The second-order valence-electron chi connectivity index (χ2n) is 4.40. The predicted octanol–water partition coefficient (Wildman–Crippen LogP) is 1.97. The van der Waals surface area contributed by atoms with Gasteiger partial charge < -0.3 is 14.8 Å². The summed E-state index contributed by atoms with van der Waals surface area (Å²) in [6.45, 7) is 3.01. The minimum Gasteiger partial charge on any atom is -0.481 e. The van der Waals surface area contributed by atoms with Gasteiger partial charge >= 0.3 is 0 Å². The molecule has 18 heavy (non-hydrogen) atoms. The van der Waals surface area contributed by atoms with Crippen LogP contribution >= 0.6 is 0 Å². The predicted molar refractivity (Wildman–Crippen MR) is 71.5 cm³/mol. The fourth-order valence-electron chi connectivity index (χ4n) is 2.01. The Balaban J connectivity index is 1.70. The quantitative estimate of drug-likeness (QED) is 0.777. The van der Waals surface area contributed by atoms with E-state index >= 15 is 0 Å². The molecule has 0 spiro atoms. The SMILES string of the molecule is C#CCOc1ccc(CNCC2CCCO2)cc1. The average Bonchev–Trinajstić information content (AvgIpc) is 2.91. The monoisotopic (exact) mass is 245 g/mol. The van der Waals surface area contributed by atoms with Crippen molar-refractivity contribution in [2.24, 2.45) is 0 Å². The molecule has 1 saturated heterocycles. The van der Waals surface area contributed by atoms with Crippen molar-refractivity contribution in [2.45, 2.75) is 25.5 Å². The lowest BCUT2D eigenvalue weighted by molar-refractivity contribution is 0.110. The first-order chi connectivity index (χ1) is 8.88. The van der Waals surface area contributed by atoms with Crippen LogP contribution in [-0.4, -0.2) is 25.9 Å². The minimum absolute atomic E-state index is 0.316. The first-order valence-corrected chi connectivity index (χ1v) is 6.36. The zero-order valence-electron chi connectivity index (χ0n) is 10.5. The molecule has 1 unspecified atom stereocenters. The normalized spacial score (nSPS) is 18.5. The first-order valence-electron chi connectivity index (χ1n) is 6.36. The molecule has 1 aliphatic rings. The van der Waals surface area contributed by atoms with E-state index in [-0.39, 0.29) is 0 Å². The smallest absolute Gasteiger partial charge is 0.148 e. The maximum absolute atomic E-state index is 5.55. The molecule has 0 radical (unpaired) electrons. The van der Waals surface area contributed by atoms with Crippen LogP contribution < -0.4 is 10.1 Å². The molecule has 3 nitrogen and oxygen atoms in total. The lowest BCUT2D eigenvalue weighted by Crippen LogP contribution is -2.25. The topological polar surface area (TPSA) is 30.5 Å². The van der Waals surface area contributed by atoms with E-state index in [2.05, 4.69) is 11.2 Å². The van der Waals surface area contributed by atoms with E-state index in [4.69, 9.17) is 15.9 Å². The fourth-order valence-corrected chi connectivity index (χ4v) is 2.01. The summed E-state index contributed by atoms with van der Waals surface area (Å²) >= 11 is 0. The van der Waals surface area contributed by atoms with Crippen molar-refractivity contribution in [3.8, 4) is 18.1 Å². The number of nitrogens with one attached hydrogen (secondary N) is 1. The molecule has 1 aromatic carbocycles. The highest BCUT2D eigenvalue weighted by atomic mass is 16.5. The molecule has 0 aromatic heterocycles. The van der Waals surface area contributed by atoms with Crippen molar-refractivity contribution in [3.05, 3.63) is 29.8 Å². The Morgan fingerprint density at radius 2 is 2.22 bits per heavy atom. The lowest BCUT2D eigenvalue weighted by Gasteiger charge is -2.11. The van der Waals surface area contributed by atoms with E-state index in [0.717, 1.165) is 25.4 Å². The van der Waals surface area contributed by atoms with Crippen molar-refractivity contribution < 1.29 is 9.47 Å². The van der Waals surface area contributed by atoms with Crippen molar-refractivity contribution >= 4 is 0 Å². The summed E-state index contributed by atoms with van der Waals surface area (Å²) in [7, 11) is 0. The third-order valence-electron chi connectivity index (χ3n) is 2.97. The Hall–Kier alpha value is -1.50. The van der Waals surface area contributed by atoms with Gasteiger partial charge in [-0.25, -0.2) is 0 Å². The Kier molecular flexibility index (Phi) is 5.07. The summed E-state index contributed by atoms with van der Waals surface area (Å²) in [4.78, 5) is 0. The first kappa shape index (κ1) is 12.9. The molecule has 96 valence electrons. The highest BCUT2D eigenvalue weighted by Crippen LogP contribution is 2.13. The summed E-state index contributed by atoms with van der Waals surface area (Å²) in [6, 6.07) is 7.99. The number of hydrogen-bond donors (Lipinski definition) is 1. The van der Waals surface area contributed by atoms with Crippen LogP contribution in [0.3, 0.4) is 0 Å². The van der Waals surface area contributed by atoms with Gasteiger partial charge in [-0.15, -0.1) is 6.42 Å². The number of hydrogen-bond acceptors (Lipinski definition) is 3. The number of ether oxygens (including phenoxy) is 2. The van der Waals surface area contributed by atoms with Gasteiger partial charge in [0, 0.05) is 19.7 Å². The van der Waals surface area contributed by atoms with Gasteiger partial charge in [-0.05, 0) is 30.5 Å². The zero-order chi connectivity index (χ0) is 12.6. The maximum atomic E-state index is 5.55. The van der Waals surface area contributed by atoms with Crippen molar-refractivity contribution in [1.82, 2.24) is 5.32 Å². The van der Waals surface area contributed by atoms with Crippen LogP contribution in [0, 0.1) is 12.3 Å². The zero-order valence-corrected chi connectivity index (χ0v) is 10.5. The molecule has 3 heteroatoms. The second kappa shape index (κ2) is 7.05. The molecule has 1 atom stereocenters.